The van der Waals surface area contributed by atoms with E-state index in [9.17, 15) is 19.2 Å². The molecule has 0 aliphatic rings. The summed E-state index contributed by atoms with van der Waals surface area (Å²) in [6.07, 6.45) is 1.00. The van der Waals surface area contributed by atoms with Crippen LogP contribution in [0.25, 0.3) is 0 Å². The van der Waals surface area contributed by atoms with Crippen molar-refractivity contribution in [1.82, 2.24) is 5.32 Å². The van der Waals surface area contributed by atoms with E-state index in [0.717, 1.165) is 17.5 Å². The number of hydrogen-bond acceptors (Lipinski definition) is 8. The standard InChI is InChI=1S/C25H29Cl2NO5.C11H15NO2/c1-6-15(16-7-9-17(10-8-16)23(30)32-5)13-21(29)22(28-24(31)33-25(2,3)4)18-11-19(26)14-20(27)12-18;1-3-10(12)8-4-6-9(7-5-8)11(13)14-2/h7-12,14-15,22H,6,13H2,1-5H3,(H,28,31);4-7,10H,3,12H2,1-2H3/t15-,22?;10-/m01/s1. The molecule has 0 bridgehead atoms. The third-order valence-electron chi connectivity index (χ3n) is 7.14. The number of ether oxygens (including phenoxy) is 3. The van der Waals surface area contributed by atoms with Crippen molar-refractivity contribution < 1.29 is 33.4 Å². The molecule has 0 aliphatic heterocycles. The molecular weight excluding hydrogens is 643 g/mol. The molecule has 1 amide bonds. The summed E-state index contributed by atoms with van der Waals surface area (Å²) in [5, 5.41) is 3.37. The smallest absolute Gasteiger partial charge is 0.408 e. The Hall–Kier alpha value is -3.92. The number of rotatable bonds is 11. The van der Waals surface area contributed by atoms with Crippen molar-refractivity contribution in [3.63, 3.8) is 0 Å². The second kappa shape index (κ2) is 18.4. The van der Waals surface area contributed by atoms with Crippen molar-refractivity contribution in [3.05, 3.63) is 105 Å². The van der Waals surface area contributed by atoms with Crippen molar-refractivity contribution in [2.24, 2.45) is 5.73 Å². The average Bonchev–Trinajstić information content (AvgIpc) is 3.04. The number of halogens is 2. The van der Waals surface area contributed by atoms with Crippen LogP contribution >= 0.6 is 23.2 Å². The molecule has 3 aromatic rings. The van der Waals surface area contributed by atoms with Crippen LogP contribution in [0.4, 0.5) is 4.79 Å². The molecule has 0 saturated heterocycles. The van der Waals surface area contributed by atoms with Crippen LogP contribution in [0.2, 0.25) is 10.0 Å². The lowest BCUT2D eigenvalue weighted by Gasteiger charge is -2.25. The first-order valence-corrected chi connectivity index (χ1v) is 16.0. The van der Waals surface area contributed by atoms with Crippen molar-refractivity contribution >= 4 is 47.0 Å². The Kier molecular flexibility index (Phi) is 15.4. The van der Waals surface area contributed by atoms with Gasteiger partial charge in [-0.25, -0.2) is 14.4 Å². The summed E-state index contributed by atoms with van der Waals surface area (Å²) in [7, 11) is 2.69. The minimum atomic E-state index is -0.987. The van der Waals surface area contributed by atoms with E-state index in [4.69, 9.17) is 38.4 Å². The predicted molar refractivity (Wildman–Crippen MR) is 184 cm³/mol. The average molecular weight is 688 g/mol. The number of hydrogen-bond donors (Lipinski definition) is 2. The predicted octanol–water partition coefficient (Wildman–Crippen LogP) is 8.38. The highest BCUT2D eigenvalue weighted by Gasteiger charge is 2.28. The van der Waals surface area contributed by atoms with Crippen LogP contribution in [0.1, 0.15) is 109 Å². The fraction of sp³-hybridized carbons (Fsp3) is 0.389. The van der Waals surface area contributed by atoms with E-state index < -0.39 is 23.7 Å². The van der Waals surface area contributed by atoms with Gasteiger partial charge >= 0.3 is 18.0 Å². The quantitative estimate of drug-likeness (QED) is 0.152. The maximum atomic E-state index is 13.4. The Morgan fingerprint density at radius 2 is 1.21 bits per heavy atom. The van der Waals surface area contributed by atoms with Crippen LogP contribution in [0.3, 0.4) is 0 Å². The van der Waals surface area contributed by atoms with Gasteiger partial charge in [0.1, 0.15) is 11.6 Å². The van der Waals surface area contributed by atoms with Crippen molar-refractivity contribution in [1.29, 1.82) is 0 Å². The van der Waals surface area contributed by atoms with E-state index in [2.05, 4.69) is 10.1 Å². The maximum absolute atomic E-state index is 13.4. The third-order valence-corrected chi connectivity index (χ3v) is 7.58. The molecule has 11 heteroatoms. The molecule has 0 aliphatic carbocycles. The fourth-order valence-electron chi connectivity index (χ4n) is 4.60. The number of esters is 2. The number of carbonyl (C=O) groups is 4. The first-order valence-electron chi connectivity index (χ1n) is 15.2. The third kappa shape index (κ3) is 12.7. The minimum absolute atomic E-state index is 0.0432. The largest absolute Gasteiger partial charge is 0.465 e. The summed E-state index contributed by atoms with van der Waals surface area (Å²) in [5.41, 5.74) is 8.51. The fourth-order valence-corrected chi connectivity index (χ4v) is 5.15. The maximum Gasteiger partial charge on any atom is 0.408 e. The van der Waals surface area contributed by atoms with Gasteiger partial charge in [-0.1, -0.05) is 61.3 Å². The lowest BCUT2D eigenvalue weighted by atomic mass is 9.87. The number of nitrogens with two attached hydrogens (primary N) is 1. The normalized spacial score (nSPS) is 12.8. The van der Waals surface area contributed by atoms with E-state index in [0.29, 0.717) is 33.2 Å². The second-order valence-corrected chi connectivity index (χ2v) is 12.7. The highest BCUT2D eigenvalue weighted by molar-refractivity contribution is 6.34. The zero-order valence-electron chi connectivity index (χ0n) is 27.9. The van der Waals surface area contributed by atoms with Crippen LogP contribution in [0.15, 0.2) is 66.7 Å². The minimum Gasteiger partial charge on any atom is -0.465 e. The summed E-state index contributed by atoms with van der Waals surface area (Å²) in [6, 6.07) is 17.9. The number of nitrogens with one attached hydrogen (secondary N) is 1. The summed E-state index contributed by atoms with van der Waals surface area (Å²) in [5.74, 6) is -1.09. The highest BCUT2D eigenvalue weighted by atomic mass is 35.5. The van der Waals surface area contributed by atoms with Gasteiger partial charge in [0.25, 0.3) is 0 Å². The van der Waals surface area contributed by atoms with Crippen LogP contribution in [0, 0.1) is 0 Å². The number of carbonyl (C=O) groups excluding carboxylic acids is 4. The zero-order chi connectivity index (χ0) is 35.3. The van der Waals surface area contributed by atoms with E-state index in [1.165, 1.54) is 14.2 Å². The lowest BCUT2D eigenvalue weighted by Crippen LogP contribution is -2.38. The monoisotopic (exact) mass is 686 g/mol. The van der Waals surface area contributed by atoms with Crippen molar-refractivity contribution in [2.45, 2.75) is 77.5 Å². The van der Waals surface area contributed by atoms with Gasteiger partial charge in [0.05, 0.1) is 25.3 Å². The van der Waals surface area contributed by atoms with E-state index in [1.54, 1.807) is 75.4 Å². The molecule has 0 radical (unpaired) electrons. The van der Waals surface area contributed by atoms with Gasteiger partial charge in [0, 0.05) is 22.5 Å². The molecule has 9 nitrogen and oxygen atoms in total. The number of benzene rings is 3. The Labute approximate surface area is 287 Å². The number of amides is 1. The summed E-state index contributed by atoms with van der Waals surface area (Å²) >= 11 is 12.3. The Bertz CT molecular complexity index is 1480. The number of Topliss-reactive ketones (excluding diaryl/α,β-unsaturated/α-hetero) is 1. The van der Waals surface area contributed by atoms with Gasteiger partial charge in [0.15, 0.2) is 5.78 Å². The van der Waals surface area contributed by atoms with Gasteiger partial charge in [-0.05, 0) is 98.7 Å². The molecule has 3 aromatic carbocycles. The SMILES string of the molecule is CC[C@@H](CC(=O)C(NC(=O)OC(C)(C)C)c1cc(Cl)cc(Cl)c1)c1ccc(C(=O)OC)cc1.CC[C@@H](N)c1ccc(C(=O)OC)cc1. The molecule has 3 N–H and O–H groups in total. The Morgan fingerprint density at radius 1 is 0.745 bits per heavy atom. The molecule has 0 heterocycles. The summed E-state index contributed by atoms with van der Waals surface area (Å²) in [4.78, 5) is 48.7. The molecule has 0 saturated carbocycles. The van der Waals surface area contributed by atoms with Gasteiger partial charge in [-0.15, -0.1) is 0 Å². The molecule has 0 fully saturated rings. The van der Waals surface area contributed by atoms with E-state index in [1.807, 2.05) is 26.0 Å². The molecule has 3 atom stereocenters. The second-order valence-electron chi connectivity index (χ2n) is 11.8. The van der Waals surface area contributed by atoms with Gasteiger partial charge in [-0.2, -0.15) is 0 Å². The van der Waals surface area contributed by atoms with E-state index in [-0.39, 0.29) is 30.1 Å². The number of methoxy groups -OCH3 is 2. The van der Waals surface area contributed by atoms with Gasteiger partial charge in [-0.3, -0.25) is 4.79 Å². The van der Waals surface area contributed by atoms with Crippen LogP contribution in [-0.2, 0) is 19.0 Å². The molecule has 0 aromatic heterocycles. The number of alkyl carbamates (subject to hydrolysis) is 1. The van der Waals surface area contributed by atoms with E-state index >= 15 is 0 Å². The molecule has 0 spiro atoms. The highest BCUT2D eigenvalue weighted by Crippen LogP contribution is 2.30. The van der Waals surface area contributed by atoms with Gasteiger partial charge in [0.2, 0.25) is 0 Å². The zero-order valence-corrected chi connectivity index (χ0v) is 29.4. The number of ketones is 1. The summed E-state index contributed by atoms with van der Waals surface area (Å²) < 4.78 is 14.7. The summed E-state index contributed by atoms with van der Waals surface area (Å²) in [6.45, 7) is 9.22. The van der Waals surface area contributed by atoms with Crippen LogP contribution in [0.5, 0.6) is 0 Å². The molecular formula is C36H44Cl2N2O7. The Morgan fingerprint density at radius 3 is 1.62 bits per heavy atom. The Balaban J connectivity index is 0.000000456. The molecule has 1 unspecified atom stereocenters. The molecule has 254 valence electrons. The first-order chi connectivity index (χ1) is 22.1. The van der Waals surface area contributed by atoms with Crippen LogP contribution < -0.4 is 11.1 Å². The molecule has 3 rings (SSSR count). The van der Waals surface area contributed by atoms with Crippen molar-refractivity contribution in [3.8, 4) is 0 Å². The van der Waals surface area contributed by atoms with Crippen molar-refractivity contribution in [2.75, 3.05) is 14.2 Å². The van der Waals surface area contributed by atoms with Crippen LogP contribution in [-0.4, -0.2) is 43.6 Å². The first kappa shape index (κ1) is 39.3. The lowest BCUT2D eigenvalue weighted by molar-refractivity contribution is -0.121. The van der Waals surface area contributed by atoms with Gasteiger partial charge < -0.3 is 25.3 Å². The topological polar surface area (TPSA) is 134 Å². The molecule has 47 heavy (non-hydrogen) atoms.